The summed E-state index contributed by atoms with van der Waals surface area (Å²) in [5.41, 5.74) is 2.80. The number of aromatic carboxylic acids is 1. The van der Waals surface area contributed by atoms with E-state index in [0.717, 1.165) is 57.8 Å². The van der Waals surface area contributed by atoms with E-state index in [1.54, 1.807) is 12.1 Å². The van der Waals surface area contributed by atoms with Crippen LogP contribution in [-0.2, 0) is 13.1 Å². The third-order valence-corrected chi connectivity index (χ3v) is 6.85. The standard InChI is InChI=1S/C24H29N3O3/c28-22-10-21-13-25(12-19-7-4-8-20(9-19)23(29)30)15-24(27(21)14-22)16-26(17-24)11-18-5-2-1-3-6-18/h1-9,21-22,28H,10-17H2,(H,29,30). The molecule has 1 spiro atoms. The Bertz CT molecular complexity index is 913. The molecule has 6 nitrogen and oxygen atoms in total. The highest BCUT2D eigenvalue weighted by Gasteiger charge is 2.55. The van der Waals surface area contributed by atoms with Gasteiger partial charge in [0.2, 0.25) is 0 Å². The van der Waals surface area contributed by atoms with Crippen LogP contribution in [0, 0.1) is 0 Å². The molecule has 0 saturated carbocycles. The summed E-state index contributed by atoms with van der Waals surface area (Å²) < 4.78 is 0. The van der Waals surface area contributed by atoms with Crippen LogP contribution >= 0.6 is 0 Å². The third kappa shape index (κ3) is 3.76. The van der Waals surface area contributed by atoms with E-state index in [2.05, 4.69) is 45.0 Å². The Morgan fingerprint density at radius 2 is 1.63 bits per heavy atom. The number of aliphatic hydroxyl groups excluding tert-OH is 1. The number of carbonyl (C=O) groups is 1. The Kier molecular flexibility index (Phi) is 5.11. The van der Waals surface area contributed by atoms with E-state index in [0.29, 0.717) is 11.6 Å². The minimum Gasteiger partial charge on any atom is -0.478 e. The summed E-state index contributed by atoms with van der Waals surface area (Å²) in [5, 5.41) is 19.6. The van der Waals surface area contributed by atoms with Crippen LogP contribution in [0.5, 0.6) is 0 Å². The summed E-state index contributed by atoms with van der Waals surface area (Å²) in [4.78, 5) is 18.8. The quantitative estimate of drug-likeness (QED) is 0.789. The van der Waals surface area contributed by atoms with Crippen molar-refractivity contribution in [2.45, 2.75) is 37.2 Å². The molecular weight excluding hydrogens is 378 g/mol. The molecule has 0 aliphatic carbocycles. The van der Waals surface area contributed by atoms with Crippen molar-refractivity contribution >= 4 is 5.97 Å². The minimum absolute atomic E-state index is 0.0829. The molecule has 5 rings (SSSR count). The van der Waals surface area contributed by atoms with Crippen molar-refractivity contribution in [2.75, 3.05) is 32.7 Å². The maximum atomic E-state index is 11.3. The van der Waals surface area contributed by atoms with Crippen LogP contribution in [0.15, 0.2) is 54.6 Å². The Hall–Kier alpha value is -2.25. The number of likely N-dealkylation sites (tertiary alicyclic amines) is 1. The Morgan fingerprint density at radius 3 is 2.40 bits per heavy atom. The van der Waals surface area contributed by atoms with Gasteiger partial charge in [-0.2, -0.15) is 0 Å². The number of carboxylic acid groups (broad SMARTS) is 1. The summed E-state index contributed by atoms with van der Waals surface area (Å²) in [6.45, 7) is 6.39. The molecule has 158 valence electrons. The highest BCUT2D eigenvalue weighted by Crippen LogP contribution is 2.39. The number of hydrogen-bond donors (Lipinski definition) is 2. The number of rotatable bonds is 5. The van der Waals surface area contributed by atoms with Gasteiger partial charge in [0.25, 0.3) is 0 Å². The van der Waals surface area contributed by atoms with Gasteiger partial charge in [-0.25, -0.2) is 4.79 Å². The van der Waals surface area contributed by atoms with E-state index in [-0.39, 0.29) is 11.6 Å². The minimum atomic E-state index is -0.882. The Labute approximate surface area is 177 Å². The second-order valence-corrected chi connectivity index (χ2v) is 9.23. The number of β-amino-alcohol motifs (C(OH)–C–C–N with tert-alkyl or cyclic N) is 1. The lowest BCUT2D eigenvalue weighted by Gasteiger charge is -2.61. The molecule has 2 N–H and O–H groups in total. The average Bonchev–Trinajstić information content (AvgIpc) is 3.08. The van der Waals surface area contributed by atoms with Gasteiger partial charge in [-0.1, -0.05) is 42.5 Å². The molecule has 2 unspecified atom stereocenters. The van der Waals surface area contributed by atoms with Gasteiger partial charge >= 0.3 is 5.97 Å². The largest absolute Gasteiger partial charge is 0.478 e. The van der Waals surface area contributed by atoms with Crippen LogP contribution in [0.1, 0.15) is 27.9 Å². The van der Waals surface area contributed by atoms with Crippen molar-refractivity contribution < 1.29 is 15.0 Å². The van der Waals surface area contributed by atoms with Gasteiger partial charge < -0.3 is 10.2 Å². The number of carboxylic acids is 1. The molecule has 0 radical (unpaired) electrons. The van der Waals surface area contributed by atoms with E-state index < -0.39 is 5.97 Å². The lowest BCUT2D eigenvalue weighted by atomic mass is 9.83. The normalized spacial score (nSPS) is 26.4. The van der Waals surface area contributed by atoms with E-state index >= 15 is 0 Å². The predicted octanol–water partition coefficient (Wildman–Crippen LogP) is 1.89. The van der Waals surface area contributed by atoms with Crippen LogP contribution in [0.2, 0.25) is 0 Å². The van der Waals surface area contributed by atoms with Gasteiger partial charge in [0.05, 0.1) is 17.2 Å². The molecule has 0 aromatic heterocycles. The number of hydrogen-bond acceptors (Lipinski definition) is 5. The van der Waals surface area contributed by atoms with Crippen LogP contribution < -0.4 is 0 Å². The first-order valence-electron chi connectivity index (χ1n) is 10.8. The highest BCUT2D eigenvalue weighted by atomic mass is 16.4. The maximum absolute atomic E-state index is 11.3. The molecule has 2 aromatic carbocycles. The van der Waals surface area contributed by atoms with E-state index in [1.165, 1.54) is 5.56 Å². The zero-order valence-electron chi connectivity index (χ0n) is 17.2. The molecule has 2 atom stereocenters. The van der Waals surface area contributed by atoms with Gasteiger partial charge in [-0.15, -0.1) is 0 Å². The van der Waals surface area contributed by atoms with Gasteiger partial charge in [-0.05, 0) is 29.7 Å². The van der Waals surface area contributed by atoms with E-state index in [4.69, 9.17) is 0 Å². The monoisotopic (exact) mass is 407 g/mol. The predicted molar refractivity (Wildman–Crippen MR) is 114 cm³/mol. The second-order valence-electron chi connectivity index (χ2n) is 9.23. The molecule has 2 aromatic rings. The molecule has 3 fully saturated rings. The van der Waals surface area contributed by atoms with Crippen LogP contribution in [-0.4, -0.2) is 81.3 Å². The summed E-state index contributed by atoms with van der Waals surface area (Å²) in [6.07, 6.45) is 0.580. The maximum Gasteiger partial charge on any atom is 0.335 e. The Balaban J connectivity index is 1.30. The fraction of sp³-hybridized carbons (Fsp3) is 0.458. The number of nitrogens with zero attached hydrogens (tertiary/aromatic N) is 3. The van der Waals surface area contributed by atoms with Crippen molar-refractivity contribution in [1.29, 1.82) is 0 Å². The van der Waals surface area contributed by atoms with E-state index in [9.17, 15) is 15.0 Å². The molecule has 6 heteroatoms. The molecule has 3 saturated heterocycles. The van der Waals surface area contributed by atoms with Crippen molar-refractivity contribution in [3.05, 3.63) is 71.3 Å². The summed E-state index contributed by atoms with van der Waals surface area (Å²) in [5.74, 6) is -0.882. The third-order valence-electron chi connectivity index (χ3n) is 6.85. The van der Waals surface area contributed by atoms with Gasteiger partial charge in [0, 0.05) is 51.9 Å². The lowest BCUT2D eigenvalue weighted by molar-refractivity contribution is -0.118. The number of benzene rings is 2. The van der Waals surface area contributed by atoms with Crippen molar-refractivity contribution in [3.8, 4) is 0 Å². The number of piperazine rings is 1. The molecular formula is C24H29N3O3. The van der Waals surface area contributed by atoms with Crippen LogP contribution in [0.4, 0.5) is 0 Å². The van der Waals surface area contributed by atoms with Crippen molar-refractivity contribution in [2.24, 2.45) is 0 Å². The number of aliphatic hydroxyl groups is 1. The fourth-order valence-electron chi connectivity index (χ4n) is 5.72. The zero-order chi connectivity index (χ0) is 20.7. The molecule has 0 amide bonds. The van der Waals surface area contributed by atoms with Crippen molar-refractivity contribution in [3.63, 3.8) is 0 Å². The highest BCUT2D eigenvalue weighted by molar-refractivity contribution is 5.87. The summed E-state index contributed by atoms with van der Waals surface area (Å²) in [7, 11) is 0. The lowest BCUT2D eigenvalue weighted by Crippen LogP contribution is -2.77. The second kappa shape index (κ2) is 7.78. The SMILES string of the molecule is O=C(O)c1cccc(CN2CC3CC(O)CN3C3(C2)CN(Cc2ccccc2)C3)c1. The first-order chi connectivity index (χ1) is 14.5. The van der Waals surface area contributed by atoms with Crippen LogP contribution in [0.25, 0.3) is 0 Å². The summed E-state index contributed by atoms with van der Waals surface area (Å²) >= 11 is 0. The first kappa shape index (κ1) is 19.7. The average molecular weight is 408 g/mol. The smallest absolute Gasteiger partial charge is 0.335 e. The number of fused-ring (bicyclic) bond motifs is 2. The molecule has 30 heavy (non-hydrogen) atoms. The van der Waals surface area contributed by atoms with Gasteiger partial charge in [0.1, 0.15) is 0 Å². The molecule has 0 bridgehead atoms. The zero-order valence-corrected chi connectivity index (χ0v) is 17.2. The van der Waals surface area contributed by atoms with Gasteiger partial charge in [-0.3, -0.25) is 14.7 Å². The molecule has 3 aliphatic heterocycles. The first-order valence-corrected chi connectivity index (χ1v) is 10.8. The topological polar surface area (TPSA) is 67.2 Å². The van der Waals surface area contributed by atoms with E-state index in [1.807, 2.05) is 12.1 Å². The molecule has 3 heterocycles. The fourth-order valence-corrected chi connectivity index (χ4v) is 5.72. The summed E-state index contributed by atoms with van der Waals surface area (Å²) in [6, 6.07) is 18.2. The van der Waals surface area contributed by atoms with Gasteiger partial charge in [0.15, 0.2) is 0 Å². The molecule has 3 aliphatic rings. The van der Waals surface area contributed by atoms with Crippen molar-refractivity contribution in [1.82, 2.24) is 14.7 Å². The Morgan fingerprint density at radius 1 is 0.933 bits per heavy atom. The van der Waals surface area contributed by atoms with Crippen LogP contribution in [0.3, 0.4) is 0 Å².